The van der Waals surface area contributed by atoms with Gasteiger partial charge >= 0.3 is 0 Å². The highest BCUT2D eigenvalue weighted by atomic mass is 16.5. The van der Waals surface area contributed by atoms with Gasteiger partial charge in [0.15, 0.2) is 5.82 Å². The molecule has 0 saturated carbocycles. The van der Waals surface area contributed by atoms with Crippen molar-refractivity contribution in [2.75, 3.05) is 33.7 Å². The molecule has 4 atom stereocenters. The fraction of sp³-hybridized carbons (Fsp3) is 0.619. The topological polar surface area (TPSA) is 54.6 Å². The quantitative estimate of drug-likeness (QED) is 0.809. The SMILES string of the molecule is Cc1ccc(-c2nc(CN3C[C@@H]4[C@H](CN(C)C)[C@H]5CC[C@]4(C3)O5)no2)cc1. The van der Waals surface area contributed by atoms with E-state index in [1.54, 1.807) is 0 Å². The molecule has 3 fully saturated rings. The molecule has 1 aromatic heterocycles. The number of nitrogens with zero attached hydrogens (tertiary/aromatic N) is 4. The Morgan fingerprint density at radius 3 is 2.85 bits per heavy atom. The average molecular weight is 368 g/mol. The summed E-state index contributed by atoms with van der Waals surface area (Å²) >= 11 is 0. The zero-order valence-electron chi connectivity index (χ0n) is 16.4. The second kappa shape index (κ2) is 6.40. The van der Waals surface area contributed by atoms with E-state index in [0.717, 1.165) is 37.6 Å². The maximum absolute atomic E-state index is 6.52. The van der Waals surface area contributed by atoms with Gasteiger partial charge < -0.3 is 14.2 Å². The Hall–Kier alpha value is -1.76. The molecule has 2 aromatic rings. The molecule has 0 radical (unpaired) electrons. The largest absolute Gasteiger partial charge is 0.370 e. The minimum Gasteiger partial charge on any atom is -0.370 e. The van der Waals surface area contributed by atoms with Crippen molar-refractivity contribution in [3.63, 3.8) is 0 Å². The number of rotatable bonds is 5. The molecule has 3 aliphatic heterocycles. The van der Waals surface area contributed by atoms with Gasteiger partial charge in [-0.2, -0.15) is 4.98 Å². The van der Waals surface area contributed by atoms with Crippen LogP contribution in [0.25, 0.3) is 11.5 Å². The average Bonchev–Trinajstić information content (AvgIpc) is 3.37. The summed E-state index contributed by atoms with van der Waals surface area (Å²) in [4.78, 5) is 9.39. The molecule has 1 aromatic carbocycles. The van der Waals surface area contributed by atoms with Crippen molar-refractivity contribution in [1.82, 2.24) is 19.9 Å². The highest BCUT2D eigenvalue weighted by Gasteiger charge is 2.62. The van der Waals surface area contributed by atoms with Crippen LogP contribution in [0.4, 0.5) is 0 Å². The van der Waals surface area contributed by atoms with E-state index in [1.165, 1.54) is 18.4 Å². The van der Waals surface area contributed by atoms with E-state index in [9.17, 15) is 0 Å². The van der Waals surface area contributed by atoms with Crippen LogP contribution in [0.3, 0.4) is 0 Å². The summed E-state index contributed by atoms with van der Waals surface area (Å²) in [6, 6.07) is 8.20. The Kier molecular flexibility index (Phi) is 4.11. The number of hydrogen-bond donors (Lipinski definition) is 0. The van der Waals surface area contributed by atoms with Crippen molar-refractivity contribution >= 4 is 0 Å². The smallest absolute Gasteiger partial charge is 0.257 e. The lowest BCUT2D eigenvalue weighted by Crippen LogP contribution is -2.40. The molecule has 0 aliphatic carbocycles. The van der Waals surface area contributed by atoms with Gasteiger partial charge in [-0.05, 0) is 46.0 Å². The van der Waals surface area contributed by atoms with Gasteiger partial charge in [-0.15, -0.1) is 0 Å². The standard InChI is InChI=1S/C21H28N4O2/c1-14-4-6-15(7-5-14)20-22-19(23-27-20)12-25-11-17-16(10-24(2)3)18-8-9-21(17,13-25)26-18/h4-7,16-18H,8-13H2,1-3H3/t16-,17+,18+,21+/m0/s1. The summed E-state index contributed by atoms with van der Waals surface area (Å²) in [6.45, 7) is 5.99. The molecular formula is C21H28N4O2. The van der Waals surface area contributed by atoms with Gasteiger partial charge in [-0.3, -0.25) is 4.90 Å². The first-order valence-electron chi connectivity index (χ1n) is 9.97. The van der Waals surface area contributed by atoms with Crippen molar-refractivity contribution in [2.45, 2.75) is 38.0 Å². The molecule has 3 saturated heterocycles. The maximum atomic E-state index is 6.52. The van der Waals surface area contributed by atoms with Gasteiger partial charge in [0, 0.05) is 37.0 Å². The van der Waals surface area contributed by atoms with E-state index in [0.29, 0.717) is 23.8 Å². The molecule has 0 amide bonds. The molecule has 1 spiro atoms. The number of hydrogen-bond acceptors (Lipinski definition) is 6. The molecule has 0 unspecified atom stereocenters. The molecule has 144 valence electrons. The predicted octanol–water partition coefficient (Wildman–Crippen LogP) is 2.59. The second-order valence-corrected chi connectivity index (χ2v) is 8.84. The number of ether oxygens (including phenoxy) is 1. The Bertz CT molecular complexity index is 818. The third kappa shape index (κ3) is 3.00. The normalized spacial score (nSPS) is 32.5. The summed E-state index contributed by atoms with van der Waals surface area (Å²) in [6.07, 6.45) is 2.87. The van der Waals surface area contributed by atoms with Crippen LogP contribution in [0.2, 0.25) is 0 Å². The van der Waals surface area contributed by atoms with Crippen LogP contribution in [0.5, 0.6) is 0 Å². The summed E-state index contributed by atoms with van der Waals surface area (Å²) in [5.41, 5.74) is 2.27. The molecule has 6 heteroatoms. The number of fused-ring (bicyclic) bond motifs is 1. The third-order valence-electron chi connectivity index (χ3n) is 6.56. The van der Waals surface area contributed by atoms with Gasteiger partial charge in [-0.25, -0.2) is 0 Å². The maximum Gasteiger partial charge on any atom is 0.257 e. The Morgan fingerprint density at radius 1 is 1.26 bits per heavy atom. The lowest BCUT2D eigenvalue weighted by atomic mass is 9.73. The predicted molar refractivity (Wildman–Crippen MR) is 102 cm³/mol. The fourth-order valence-electron chi connectivity index (χ4n) is 5.40. The Labute approximate surface area is 160 Å². The van der Waals surface area contributed by atoms with Crippen LogP contribution in [0, 0.1) is 18.8 Å². The van der Waals surface area contributed by atoms with Crippen LogP contribution in [-0.2, 0) is 11.3 Å². The first kappa shape index (κ1) is 17.3. The number of benzene rings is 1. The van der Waals surface area contributed by atoms with Crippen molar-refractivity contribution in [3.05, 3.63) is 35.7 Å². The molecule has 6 nitrogen and oxygen atoms in total. The summed E-state index contributed by atoms with van der Waals surface area (Å²) < 4.78 is 12.0. The molecule has 4 heterocycles. The summed E-state index contributed by atoms with van der Waals surface area (Å²) in [7, 11) is 4.33. The van der Waals surface area contributed by atoms with Gasteiger partial charge in [-0.1, -0.05) is 22.9 Å². The van der Waals surface area contributed by atoms with Crippen LogP contribution in [0.1, 0.15) is 24.2 Å². The number of likely N-dealkylation sites (tertiary alicyclic amines) is 1. The molecule has 3 aliphatic rings. The second-order valence-electron chi connectivity index (χ2n) is 8.84. The van der Waals surface area contributed by atoms with Crippen molar-refractivity contribution in [1.29, 1.82) is 0 Å². The van der Waals surface area contributed by atoms with Gasteiger partial charge in [0.05, 0.1) is 18.2 Å². The number of aromatic nitrogens is 2. The Balaban J connectivity index is 1.28. The third-order valence-corrected chi connectivity index (χ3v) is 6.56. The van der Waals surface area contributed by atoms with Crippen LogP contribution >= 0.6 is 0 Å². The van der Waals surface area contributed by atoms with E-state index in [1.807, 2.05) is 12.1 Å². The summed E-state index contributed by atoms with van der Waals surface area (Å²) in [5.74, 6) is 2.64. The van der Waals surface area contributed by atoms with E-state index in [2.05, 4.69) is 53.1 Å². The minimum atomic E-state index is 0.0644. The summed E-state index contributed by atoms with van der Waals surface area (Å²) in [5, 5.41) is 4.22. The number of aryl methyl sites for hydroxylation is 1. The lowest BCUT2D eigenvalue weighted by Gasteiger charge is -2.31. The monoisotopic (exact) mass is 368 g/mol. The van der Waals surface area contributed by atoms with Crippen LogP contribution in [-0.4, -0.2) is 65.4 Å². The fourth-order valence-corrected chi connectivity index (χ4v) is 5.40. The van der Waals surface area contributed by atoms with E-state index >= 15 is 0 Å². The highest BCUT2D eigenvalue weighted by Crippen LogP contribution is 2.55. The zero-order valence-corrected chi connectivity index (χ0v) is 16.4. The van der Waals surface area contributed by atoms with Crippen molar-refractivity contribution in [3.8, 4) is 11.5 Å². The highest BCUT2D eigenvalue weighted by molar-refractivity contribution is 5.53. The van der Waals surface area contributed by atoms with Crippen LogP contribution in [0.15, 0.2) is 28.8 Å². The van der Waals surface area contributed by atoms with E-state index in [4.69, 9.17) is 9.26 Å². The zero-order chi connectivity index (χ0) is 18.6. The molecule has 5 rings (SSSR count). The first-order valence-corrected chi connectivity index (χ1v) is 9.97. The molecule has 2 bridgehead atoms. The Morgan fingerprint density at radius 2 is 2.07 bits per heavy atom. The van der Waals surface area contributed by atoms with Gasteiger partial charge in [0.1, 0.15) is 0 Å². The first-order chi connectivity index (χ1) is 13.0. The van der Waals surface area contributed by atoms with Gasteiger partial charge in [0.25, 0.3) is 5.89 Å². The lowest BCUT2D eigenvalue weighted by molar-refractivity contribution is 0.00122. The van der Waals surface area contributed by atoms with Gasteiger partial charge in [0.2, 0.25) is 0 Å². The van der Waals surface area contributed by atoms with E-state index in [-0.39, 0.29) is 5.60 Å². The van der Waals surface area contributed by atoms with Crippen molar-refractivity contribution in [2.24, 2.45) is 11.8 Å². The molecule has 27 heavy (non-hydrogen) atoms. The molecule has 0 N–H and O–H groups in total. The van der Waals surface area contributed by atoms with Crippen molar-refractivity contribution < 1.29 is 9.26 Å². The molecular weight excluding hydrogens is 340 g/mol. The minimum absolute atomic E-state index is 0.0644. The van der Waals surface area contributed by atoms with Crippen LogP contribution < -0.4 is 0 Å². The van der Waals surface area contributed by atoms with E-state index < -0.39 is 0 Å².